The third-order valence-corrected chi connectivity index (χ3v) is 5.63. The topological polar surface area (TPSA) is 46.2 Å². The van der Waals surface area contributed by atoms with E-state index in [1.54, 1.807) is 0 Å². The smallest absolute Gasteiger partial charge is 0.235 e. The lowest BCUT2D eigenvalue weighted by atomic mass is 10.3. The van der Waals surface area contributed by atoms with Crippen molar-refractivity contribution in [2.75, 3.05) is 4.72 Å². The van der Waals surface area contributed by atoms with Crippen molar-refractivity contribution < 1.29 is 12.8 Å². The third-order valence-electron chi connectivity index (χ3n) is 2.99. The highest BCUT2D eigenvalue weighted by Crippen LogP contribution is 2.31. The number of nitrogens with one attached hydrogen (secondary N) is 1. The summed E-state index contributed by atoms with van der Waals surface area (Å²) in [4.78, 5) is 0. The minimum atomic E-state index is -3.54. The van der Waals surface area contributed by atoms with Crippen LogP contribution >= 0.6 is 27.5 Å². The Labute approximate surface area is 119 Å². The monoisotopic (exact) mass is 355 g/mol. The summed E-state index contributed by atoms with van der Waals surface area (Å²) < 4.78 is 40.3. The molecule has 1 fully saturated rings. The fourth-order valence-corrected chi connectivity index (χ4v) is 4.45. The van der Waals surface area contributed by atoms with Gasteiger partial charge in [0.05, 0.1) is 15.4 Å². The van der Waals surface area contributed by atoms with Gasteiger partial charge in [-0.25, -0.2) is 12.8 Å². The molecule has 0 aromatic heterocycles. The van der Waals surface area contributed by atoms with Crippen molar-refractivity contribution in [1.82, 2.24) is 0 Å². The minimum Gasteiger partial charge on any atom is -0.280 e. The van der Waals surface area contributed by atoms with Gasteiger partial charge in [0.15, 0.2) is 5.82 Å². The fraction of sp³-hybridized carbons (Fsp3) is 0.455. The van der Waals surface area contributed by atoms with E-state index in [-0.39, 0.29) is 15.2 Å². The SMILES string of the molecule is O=S(=O)(Nc1cc(Cl)cc(Br)c1F)C1CCCC1. The number of sulfonamides is 1. The first-order chi connectivity index (χ1) is 8.40. The van der Waals surface area contributed by atoms with Crippen molar-refractivity contribution in [2.45, 2.75) is 30.9 Å². The van der Waals surface area contributed by atoms with E-state index in [1.165, 1.54) is 12.1 Å². The Hall–Kier alpha value is -0.330. The summed E-state index contributed by atoms with van der Waals surface area (Å²) in [5.74, 6) is -0.652. The third kappa shape index (κ3) is 2.97. The molecule has 0 atom stereocenters. The van der Waals surface area contributed by atoms with Gasteiger partial charge in [-0.1, -0.05) is 24.4 Å². The molecular formula is C11H12BrClFNO2S. The maximum atomic E-state index is 13.8. The van der Waals surface area contributed by atoms with Crippen LogP contribution in [0.25, 0.3) is 0 Å². The molecule has 3 nitrogen and oxygen atoms in total. The second kappa shape index (κ2) is 5.35. The average molecular weight is 357 g/mol. The van der Waals surface area contributed by atoms with Crippen LogP contribution in [0.3, 0.4) is 0 Å². The zero-order valence-corrected chi connectivity index (χ0v) is 12.6. The van der Waals surface area contributed by atoms with Crippen LogP contribution in [0.15, 0.2) is 16.6 Å². The predicted molar refractivity (Wildman–Crippen MR) is 73.9 cm³/mol. The molecule has 0 unspecified atom stereocenters. The summed E-state index contributed by atoms with van der Waals surface area (Å²) in [6, 6.07) is 2.65. The molecule has 0 aliphatic heterocycles. The maximum Gasteiger partial charge on any atom is 0.235 e. The Balaban J connectivity index is 2.28. The summed E-state index contributed by atoms with van der Waals surface area (Å²) in [5, 5.41) is -0.165. The molecule has 1 N–H and O–H groups in total. The van der Waals surface area contributed by atoms with E-state index in [0.29, 0.717) is 12.8 Å². The number of halogens is 3. The van der Waals surface area contributed by atoms with Gasteiger partial charge in [0.1, 0.15) is 0 Å². The van der Waals surface area contributed by atoms with Gasteiger partial charge in [-0.3, -0.25) is 4.72 Å². The molecular weight excluding hydrogens is 345 g/mol. The Morgan fingerprint density at radius 3 is 2.56 bits per heavy atom. The van der Waals surface area contributed by atoms with Crippen molar-refractivity contribution in [3.8, 4) is 0 Å². The van der Waals surface area contributed by atoms with Crippen molar-refractivity contribution >= 4 is 43.2 Å². The summed E-state index contributed by atoms with van der Waals surface area (Å²) in [6.45, 7) is 0. The van der Waals surface area contributed by atoms with Crippen molar-refractivity contribution in [1.29, 1.82) is 0 Å². The lowest BCUT2D eigenvalue weighted by molar-refractivity contribution is 0.583. The van der Waals surface area contributed by atoms with Gasteiger partial charge in [0, 0.05) is 5.02 Å². The molecule has 0 saturated heterocycles. The van der Waals surface area contributed by atoms with Gasteiger partial charge in [0.2, 0.25) is 10.0 Å². The van der Waals surface area contributed by atoms with E-state index < -0.39 is 21.1 Å². The number of hydrogen-bond donors (Lipinski definition) is 1. The molecule has 18 heavy (non-hydrogen) atoms. The molecule has 7 heteroatoms. The highest BCUT2D eigenvalue weighted by Gasteiger charge is 2.29. The Morgan fingerprint density at radius 2 is 1.94 bits per heavy atom. The molecule has 1 saturated carbocycles. The molecule has 100 valence electrons. The molecule has 0 heterocycles. The lowest BCUT2D eigenvalue weighted by Crippen LogP contribution is -2.25. The van der Waals surface area contributed by atoms with Crippen LogP contribution < -0.4 is 4.72 Å². The summed E-state index contributed by atoms with van der Waals surface area (Å²) in [5.41, 5.74) is -0.110. The van der Waals surface area contributed by atoms with Gasteiger partial charge in [-0.15, -0.1) is 0 Å². The first-order valence-electron chi connectivity index (χ1n) is 5.56. The number of anilines is 1. The lowest BCUT2D eigenvalue weighted by Gasteiger charge is -2.14. The van der Waals surface area contributed by atoms with Gasteiger partial charge in [0.25, 0.3) is 0 Å². The Bertz CT molecular complexity index is 558. The van der Waals surface area contributed by atoms with Crippen LogP contribution in [0.5, 0.6) is 0 Å². The van der Waals surface area contributed by atoms with Gasteiger partial charge < -0.3 is 0 Å². The second-order valence-corrected chi connectivity index (χ2v) is 7.55. The predicted octanol–water partition coefficient (Wildman–Crippen LogP) is 3.93. The number of hydrogen-bond acceptors (Lipinski definition) is 2. The molecule has 0 bridgehead atoms. The van der Waals surface area contributed by atoms with Crippen LogP contribution in [0, 0.1) is 5.82 Å². The second-order valence-electron chi connectivity index (χ2n) is 4.30. The molecule has 0 spiro atoms. The average Bonchev–Trinajstić information content (AvgIpc) is 2.78. The molecule has 1 aliphatic rings. The number of rotatable bonds is 3. The Morgan fingerprint density at radius 1 is 1.33 bits per heavy atom. The van der Waals surface area contributed by atoms with Crippen molar-refractivity contribution in [3.05, 3.63) is 27.4 Å². The van der Waals surface area contributed by atoms with Crippen molar-refractivity contribution in [2.24, 2.45) is 0 Å². The zero-order chi connectivity index (χ0) is 13.3. The van der Waals surface area contributed by atoms with Gasteiger partial charge in [-0.2, -0.15) is 0 Å². The number of benzene rings is 1. The zero-order valence-electron chi connectivity index (χ0n) is 9.42. The van der Waals surface area contributed by atoms with E-state index in [0.717, 1.165) is 12.8 Å². The summed E-state index contributed by atoms with van der Waals surface area (Å²) in [7, 11) is -3.54. The van der Waals surface area contributed by atoms with Crippen LogP contribution in [0.2, 0.25) is 5.02 Å². The molecule has 1 aromatic carbocycles. The highest BCUT2D eigenvalue weighted by atomic mass is 79.9. The van der Waals surface area contributed by atoms with Gasteiger partial charge in [-0.05, 0) is 40.9 Å². The quantitative estimate of drug-likeness (QED) is 0.834. The van der Waals surface area contributed by atoms with E-state index in [2.05, 4.69) is 20.7 Å². The van der Waals surface area contributed by atoms with Crippen LogP contribution in [0.4, 0.5) is 10.1 Å². The largest absolute Gasteiger partial charge is 0.280 e. The molecule has 2 rings (SSSR count). The van der Waals surface area contributed by atoms with E-state index >= 15 is 0 Å². The fourth-order valence-electron chi connectivity index (χ4n) is 2.07. The highest BCUT2D eigenvalue weighted by molar-refractivity contribution is 9.10. The van der Waals surface area contributed by atoms with Crippen LogP contribution in [0.1, 0.15) is 25.7 Å². The molecule has 0 radical (unpaired) electrons. The first kappa shape index (κ1) is 14.1. The summed E-state index contributed by atoms with van der Waals surface area (Å²) in [6.07, 6.45) is 3.04. The Kier molecular flexibility index (Phi) is 4.18. The minimum absolute atomic E-state index is 0.110. The van der Waals surface area contributed by atoms with Gasteiger partial charge >= 0.3 is 0 Å². The van der Waals surface area contributed by atoms with E-state index in [1.807, 2.05) is 0 Å². The standard InChI is InChI=1S/C11H12BrClFNO2S/c12-9-5-7(13)6-10(11(9)14)15-18(16,17)8-3-1-2-4-8/h5-6,8,15H,1-4H2. The maximum absolute atomic E-state index is 13.8. The van der Waals surface area contributed by atoms with Crippen molar-refractivity contribution in [3.63, 3.8) is 0 Å². The molecule has 0 amide bonds. The van der Waals surface area contributed by atoms with Crippen LogP contribution in [-0.2, 0) is 10.0 Å². The van der Waals surface area contributed by atoms with E-state index in [4.69, 9.17) is 11.6 Å². The normalized spacial score (nSPS) is 17.1. The molecule has 1 aliphatic carbocycles. The van der Waals surface area contributed by atoms with E-state index in [9.17, 15) is 12.8 Å². The van der Waals surface area contributed by atoms with Crippen LogP contribution in [-0.4, -0.2) is 13.7 Å². The summed E-state index contributed by atoms with van der Waals surface area (Å²) >= 11 is 8.77. The molecule has 1 aromatic rings. The first-order valence-corrected chi connectivity index (χ1v) is 8.28.